The minimum absolute atomic E-state index is 0.134. The molecule has 0 bridgehead atoms. The predicted molar refractivity (Wildman–Crippen MR) is 89.5 cm³/mol. The van der Waals surface area contributed by atoms with Gasteiger partial charge in [0, 0.05) is 16.0 Å². The summed E-state index contributed by atoms with van der Waals surface area (Å²) in [5.41, 5.74) is 2.06. The second-order valence-electron chi connectivity index (χ2n) is 4.65. The first kappa shape index (κ1) is 16.0. The maximum Gasteiger partial charge on any atom is 0.128 e. The Labute approximate surface area is 139 Å². The van der Waals surface area contributed by atoms with E-state index in [9.17, 15) is 0 Å². The molecule has 2 aromatic carbocycles. The van der Waals surface area contributed by atoms with Gasteiger partial charge in [0.1, 0.15) is 4.33 Å². The average molecular weight is 348 g/mol. The molecule has 0 saturated carbocycles. The second kappa shape index (κ2) is 6.58. The van der Waals surface area contributed by atoms with Crippen LogP contribution in [-0.4, -0.2) is 4.33 Å². The Hall–Kier alpha value is -0.400. The van der Waals surface area contributed by atoms with Crippen molar-refractivity contribution >= 4 is 46.4 Å². The molecule has 20 heavy (non-hydrogen) atoms. The lowest BCUT2D eigenvalue weighted by Crippen LogP contribution is -2.24. The van der Waals surface area contributed by atoms with E-state index in [2.05, 4.69) is 0 Å². The average Bonchev–Trinajstić information content (AvgIpc) is 2.43. The molecule has 0 spiro atoms. The molecule has 0 unspecified atom stereocenters. The van der Waals surface area contributed by atoms with Crippen LogP contribution in [0.2, 0.25) is 10.0 Å². The van der Waals surface area contributed by atoms with Crippen molar-refractivity contribution in [3.8, 4) is 0 Å². The third-order valence-electron chi connectivity index (χ3n) is 3.30. The monoisotopic (exact) mass is 346 g/mol. The summed E-state index contributed by atoms with van der Waals surface area (Å²) in [6, 6.07) is 15.2. The zero-order valence-corrected chi connectivity index (χ0v) is 13.9. The van der Waals surface area contributed by atoms with Crippen molar-refractivity contribution in [3.05, 3.63) is 69.7 Å². The fourth-order valence-electron chi connectivity index (χ4n) is 2.19. The summed E-state index contributed by atoms with van der Waals surface area (Å²) in [4.78, 5) is 0. The first-order valence-corrected chi connectivity index (χ1v) is 7.84. The summed E-state index contributed by atoms with van der Waals surface area (Å²) >= 11 is 25.0. The van der Waals surface area contributed by atoms with E-state index >= 15 is 0 Å². The van der Waals surface area contributed by atoms with Crippen LogP contribution in [0.3, 0.4) is 0 Å². The maximum absolute atomic E-state index is 6.53. The number of benzene rings is 2. The van der Waals surface area contributed by atoms with Gasteiger partial charge in [0.15, 0.2) is 0 Å². The summed E-state index contributed by atoms with van der Waals surface area (Å²) in [6.45, 7) is 1.97. The molecule has 0 fully saturated rings. The SMILES string of the molecule is CCC(Cl)(Cl)C(c1ccc(Cl)cc1)c1ccc(Cl)cc1. The van der Waals surface area contributed by atoms with Gasteiger partial charge in [-0.2, -0.15) is 0 Å². The van der Waals surface area contributed by atoms with E-state index in [-0.39, 0.29) is 5.92 Å². The molecule has 0 amide bonds. The van der Waals surface area contributed by atoms with E-state index < -0.39 is 4.33 Å². The van der Waals surface area contributed by atoms with Gasteiger partial charge in [0.2, 0.25) is 0 Å². The molecular weight excluding hydrogens is 334 g/mol. The van der Waals surface area contributed by atoms with E-state index in [0.29, 0.717) is 16.5 Å². The molecule has 0 nitrogen and oxygen atoms in total. The highest BCUT2D eigenvalue weighted by molar-refractivity contribution is 6.49. The third kappa shape index (κ3) is 3.62. The topological polar surface area (TPSA) is 0 Å². The van der Waals surface area contributed by atoms with Crippen LogP contribution < -0.4 is 0 Å². The number of halogens is 4. The van der Waals surface area contributed by atoms with E-state index in [1.165, 1.54) is 0 Å². The Morgan fingerprint density at radius 3 is 1.45 bits per heavy atom. The zero-order valence-electron chi connectivity index (χ0n) is 10.9. The van der Waals surface area contributed by atoms with Crippen LogP contribution >= 0.6 is 46.4 Å². The van der Waals surface area contributed by atoms with E-state index in [1.54, 1.807) is 0 Å². The first-order valence-electron chi connectivity index (χ1n) is 6.33. The normalized spacial score (nSPS) is 11.9. The van der Waals surface area contributed by atoms with Crippen molar-refractivity contribution in [3.63, 3.8) is 0 Å². The highest BCUT2D eigenvalue weighted by Crippen LogP contribution is 2.45. The predicted octanol–water partition coefficient (Wildman–Crippen LogP) is 6.71. The lowest BCUT2D eigenvalue weighted by atomic mass is 9.87. The number of rotatable bonds is 4. The van der Waals surface area contributed by atoms with Crippen LogP contribution in [-0.2, 0) is 0 Å². The Balaban J connectivity index is 2.50. The van der Waals surface area contributed by atoms with Crippen LogP contribution in [0.25, 0.3) is 0 Å². The molecule has 4 heteroatoms. The quantitative estimate of drug-likeness (QED) is 0.539. The van der Waals surface area contributed by atoms with Gasteiger partial charge >= 0.3 is 0 Å². The third-order valence-corrected chi connectivity index (χ3v) is 4.78. The Kier molecular flexibility index (Phi) is 5.25. The molecular formula is C16H14Cl4. The zero-order chi connectivity index (χ0) is 14.8. The van der Waals surface area contributed by atoms with Crippen LogP contribution in [0, 0.1) is 0 Å². The van der Waals surface area contributed by atoms with Crippen molar-refractivity contribution in [2.75, 3.05) is 0 Å². The minimum Gasteiger partial charge on any atom is -0.101 e. The van der Waals surface area contributed by atoms with Gasteiger partial charge in [0.05, 0.1) is 0 Å². The van der Waals surface area contributed by atoms with Gasteiger partial charge in [0.25, 0.3) is 0 Å². The Bertz CT molecular complexity index is 513. The van der Waals surface area contributed by atoms with Crippen molar-refractivity contribution in [1.29, 1.82) is 0 Å². The summed E-state index contributed by atoms with van der Waals surface area (Å²) in [7, 11) is 0. The molecule has 0 aliphatic heterocycles. The largest absolute Gasteiger partial charge is 0.128 e. The van der Waals surface area contributed by atoms with Crippen LogP contribution in [0.1, 0.15) is 30.4 Å². The molecule has 106 valence electrons. The highest BCUT2D eigenvalue weighted by Gasteiger charge is 2.35. The fourth-order valence-corrected chi connectivity index (χ4v) is 2.95. The van der Waals surface area contributed by atoms with Crippen molar-refractivity contribution in [2.24, 2.45) is 0 Å². The second-order valence-corrected chi connectivity index (χ2v) is 7.07. The van der Waals surface area contributed by atoms with Crippen molar-refractivity contribution in [1.82, 2.24) is 0 Å². The molecule has 0 aromatic heterocycles. The number of hydrogen-bond donors (Lipinski definition) is 0. The van der Waals surface area contributed by atoms with Gasteiger partial charge in [-0.1, -0.05) is 54.4 Å². The molecule has 0 aliphatic rings. The summed E-state index contributed by atoms with van der Waals surface area (Å²) in [6.07, 6.45) is 0.631. The summed E-state index contributed by atoms with van der Waals surface area (Å²) < 4.78 is -0.887. The van der Waals surface area contributed by atoms with Gasteiger partial charge < -0.3 is 0 Å². The summed E-state index contributed by atoms with van der Waals surface area (Å²) in [5, 5.41) is 1.38. The van der Waals surface area contributed by atoms with E-state index in [1.807, 2.05) is 55.5 Å². The molecule has 0 atom stereocenters. The lowest BCUT2D eigenvalue weighted by molar-refractivity contribution is 0.650. The van der Waals surface area contributed by atoms with Crippen LogP contribution in [0.5, 0.6) is 0 Å². The lowest BCUT2D eigenvalue weighted by Gasteiger charge is -2.30. The van der Waals surface area contributed by atoms with Crippen LogP contribution in [0.15, 0.2) is 48.5 Å². The molecule has 0 heterocycles. The Morgan fingerprint density at radius 2 is 1.15 bits per heavy atom. The molecule has 2 aromatic rings. The van der Waals surface area contributed by atoms with E-state index in [4.69, 9.17) is 46.4 Å². The van der Waals surface area contributed by atoms with E-state index in [0.717, 1.165) is 11.1 Å². The number of alkyl halides is 2. The Morgan fingerprint density at radius 1 is 0.800 bits per heavy atom. The smallest absolute Gasteiger partial charge is 0.101 e. The van der Waals surface area contributed by atoms with Gasteiger partial charge in [-0.3, -0.25) is 0 Å². The molecule has 0 aliphatic carbocycles. The fraction of sp³-hybridized carbons (Fsp3) is 0.250. The van der Waals surface area contributed by atoms with Gasteiger partial charge in [-0.25, -0.2) is 0 Å². The van der Waals surface area contributed by atoms with Crippen molar-refractivity contribution in [2.45, 2.75) is 23.6 Å². The molecule has 0 N–H and O–H groups in total. The van der Waals surface area contributed by atoms with Crippen molar-refractivity contribution < 1.29 is 0 Å². The van der Waals surface area contributed by atoms with Crippen LogP contribution in [0.4, 0.5) is 0 Å². The maximum atomic E-state index is 6.53. The number of hydrogen-bond acceptors (Lipinski definition) is 0. The van der Waals surface area contributed by atoms with Gasteiger partial charge in [-0.15, -0.1) is 23.2 Å². The molecule has 2 rings (SSSR count). The van der Waals surface area contributed by atoms with Gasteiger partial charge in [-0.05, 0) is 41.8 Å². The minimum atomic E-state index is -0.887. The summed E-state index contributed by atoms with van der Waals surface area (Å²) in [5.74, 6) is -0.134. The molecule has 0 radical (unpaired) electrons. The standard InChI is InChI=1S/C16H14Cl4/c1-2-16(19,20)15(11-3-7-13(17)8-4-11)12-5-9-14(18)10-6-12/h3-10,15H,2H2,1H3. The first-order chi connectivity index (χ1) is 9.44. The highest BCUT2D eigenvalue weighted by atomic mass is 35.5. The molecule has 0 saturated heterocycles.